The van der Waals surface area contributed by atoms with Crippen LogP contribution in [0.4, 0.5) is 18.9 Å². The number of aromatic nitrogens is 1. The van der Waals surface area contributed by atoms with Gasteiger partial charge in [0.05, 0.1) is 17.0 Å². The highest BCUT2D eigenvalue weighted by Gasteiger charge is 2.31. The summed E-state index contributed by atoms with van der Waals surface area (Å²) in [4.78, 5) is 20.5. The number of alkyl halides is 3. The number of rotatable bonds is 6. The molecule has 3 aromatic rings. The number of halogens is 4. The lowest BCUT2D eigenvalue weighted by Crippen LogP contribution is -2.50. The molecule has 0 N–H and O–H groups in total. The highest BCUT2D eigenvalue weighted by Crippen LogP contribution is 2.32. The molecule has 1 atom stereocenters. The lowest BCUT2D eigenvalue weighted by molar-refractivity contribution is -0.137. The van der Waals surface area contributed by atoms with Crippen molar-refractivity contribution >= 4 is 34.0 Å². The summed E-state index contributed by atoms with van der Waals surface area (Å²) < 4.78 is 57.3. The van der Waals surface area contributed by atoms with Crippen molar-refractivity contribution in [2.45, 2.75) is 18.9 Å². The molecule has 0 saturated carbocycles. The molecule has 6 nitrogen and oxygen atoms in total. The van der Waals surface area contributed by atoms with Crippen molar-refractivity contribution < 1.29 is 26.6 Å². The molecule has 1 aliphatic heterocycles. The van der Waals surface area contributed by atoms with Gasteiger partial charge in [0, 0.05) is 53.3 Å². The van der Waals surface area contributed by atoms with Gasteiger partial charge in [-0.2, -0.15) is 13.2 Å². The summed E-state index contributed by atoms with van der Waals surface area (Å²) in [6.45, 7) is 3.21. The molecule has 0 aliphatic carbocycles. The Balaban J connectivity index is 1.31. The number of anilines is 1. The quantitative estimate of drug-likeness (QED) is 0.457. The molecule has 2 heterocycles. The number of amides is 1. The first kappa shape index (κ1) is 25.2. The maximum atomic E-state index is 13.0. The second-order valence-electron chi connectivity index (χ2n) is 8.17. The Morgan fingerprint density at radius 3 is 2.46 bits per heavy atom. The van der Waals surface area contributed by atoms with Crippen LogP contribution >= 0.6 is 11.6 Å². The predicted octanol–water partition coefficient (Wildman–Crippen LogP) is 4.92. The maximum absolute atomic E-state index is 13.0. The van der Waals surface area contributed by atoms with Crippen LogP contribution in [-0.4, -0.2) is 51.9 Å². The van der Waals surface area contributed by atoms with Gasteiger partial charge >= 0.3 is 6.18 Å². The monoisotopic (exact) mass is 525 g/mol. The maximum Gasteiger partial charge on any atom is 0.416 e. The summed E-state index contributed by atoms with van der Waals surface area (Å²) in [7, 11) is -1.49. The second-order valence-corrected chi connectivity index (χ2v) is 10.1. The van der Waals surface area contributed by atoms with Crippen LogP contribution in [0, 0.1) is 6.92 Å². The Kier molecular flexibility index (Phi) is 7.51. The van der Waals surface area contributed by atoms with Crippen molar-refractivity contribution in [1.82, 2.24) is 9.88 Å². The summed E-state index contributed by atoms with van der Waals surface area (Å²) >= 11 is 5.91. The number of carbonyl (C=O) groups is 1. The molecule has 186 valence electrons. The van der Waals surface area contributed by atoms with E-state index < -0.39 is 22.5 Å². The van der Waals surface area contributed by atoms with Crippen LogP contribution in [0.2, 0.25) is 5.02 Å². The molecule has 0 bridgehead atoms. The molecule has 35 heavy (non-hydrogen) atoms. The van der Waals surface area contributed by atoms with Crippen molar-refractivity contribution in [2.75, 3.05) is 36.8 Å². The SMILES string of the molecule is Cc1oc(-c2ccc(Cl)cc2)nc1C[S@](=O)CC(=O)N1CCN(c2cccc(C(F)(F)F)c2)CC1. The van der Waals surface area contributed by atoms with Gasteiger partial charge in [0.2, 0.25) is 11.8 Å². The number of hydrogen-bond acceptors (Lipinski definition) is 5. The minimum atomic E-state index is -4.41. The third kappa shape index (κ3) is 6.24. The fraction of sp³-hybridized carbons (Fsp3) is 0.333. The van der Waals surface area contributed by atoms with Crippen LogP contribution in [0.25, 0.3) is 11.5 Å². The molecular formula is C24H23ClF3N3O3S. The molecule has 0 spiro atoms. The highest BCUT2D eigenvalue weighted by atomic mass is 35.5. The Morgan fingerprint density at radius 1 is 1.11 bits per heavy atom. The molecule has 1 saturated heterocycles. The van der Waals surface area contributed by atoms with Gasteiger partial charge in [-0.05, 0) is 49.4 Å². The molecule has 11 heteroatoms. The molecular weight excluding hydrogens is 503 g/mol. The van der Waals surface area contributed by atoms with E-state index >= 15 is 0 Å². The van der Waals surface area contributed by atoms with E-state index in [2.05, 4.69) is 4.98 Å². The topological polar surface area (TPSA) is 66.7 Å². The van der Waals surface area contributed by atoms with E-state index in [0.717, 1.165) is 17.7 Å². The highest BCUT2D eigenvalue weighted by molar-refractivity contribution is 7.84. The number of nitrogens with zero attached hydrogens (tertiary/aromatic N) is 3. The van der Waals surface area contributed by atoms with Gasteiger partial charge in [-0.15, -0.1) is 0 Å². The summed E-state index contributed by atoms with van der Waals surface area (Å²) in [6, 6.07) is 12.1. The van der Waals surface area contributed by atoms with Gasteiger partial charge in [-0.1, -0.05) is 17.7 Å². The zero-order valence-corrected chi connectivity index (χ0v) is 20.4. The number of aryl methyl sites for hydroxylation is 1. The Bertz CT molecular complexity index is 1220. The van der Waals surface area contributed by atoms with E-state index in [1.165, 1.54) is 6.07 Å². The fourth-order valence-corrected chi connectivity index (χ4v) is 5.06. The van der Waals surface area contributed by atoms with Gasteiger partial charge in [0.15, 0.2) is 0 Å². The minimum absolute atomic E-state index is 0.0822. The van der Waals surface area contributed by atoms with E-state index in [0.29, 0.717) is 54.2 Å². The molecule has 4 rings (SSSR count). The summed E-state index contributed by atoms with van der Waals surface area (Å²) in [5.41, 5.74) is 1.03. The number of benzene rings is 2. The number of oxazole rings is 1. The molecule has 2 aromatic carbocycles. The number of carbonyl (C=O) groups excluding carboxylic acids is 1. The fourth-order valence-electron chi connectivity index (χ4n) is 3.80. The molecule has 0 unspecified atom stereocenters. The second kappa shape index (κ2) is 10.4. The van der Waals surface area contributed by atoms with E-state index in [1.807, 2.05) is 4.90 Å². The van der Waals surface area contributed by atoms with Crippen LogP contribution in [0.1, 0.15) is 17.0 Å². The van der Waals surface area contributed by atoms with Crippen LogP contribution < -0.4 is 4.90 Å². The molecule has 0 radical (unpaired) electrons. The van der Waals surface area contributed by atoms with Gasteiger partial charge in [0.25, 0.3) is 0 Å². The smallest absolute Gasteiger partial charge is 0.416 e. The van der Waals surface area contributed by atoms with E-state index in [-0.39, 0.29) is 17.4 Å². The first-order chi connectivity index (χ1) is 16.6. The number of piperazine rings is 1. The first-order valence-corrected chi connectivity index (χ1v) is 12.7. The Morgan fingerprint density at radius 2 is 1.80 bits per heavy atom. The van der Waals surface area contributed by atoms with Crippen LogP contribution in [0.15, 0.2) is 52.9 Å². The third-order valence-corrected chi connectivity index (χ3v) is 7.15. The van der Waals surface area contributed by atoms with Gasteiger partial charge in [-0.25, -0.2) is 4.98 Å². The van der Waals surface area contributed by atoms with Gasteiger partial charge < -0.3 is 14.2 Å². The van der Waals surface area contributed by atoms with Gasteiger partial charge in [-0.3, -0.25) is 9.00 Å². The third-order valence-electron chi connectivity index (χ3n) is 5.74. The minimum Gasteiger partial charge on any atom is -0.441 e. The van der Waals surface area contributed by atoms with E-state index in [1.54, 1.807) is 42.2 Å². The summed E-state index contributed by atoms with van der Waals surface area (Å²) in [5, 5.41) is 0.590. The van der Waals surface area contributed by atoms with Crippen molar-refractivity contribution in [3.63, 3.8) is 0 Å². The van der Waals surface area contributed by atoms with Gasteiger partial charge in [0.1, 0.15) is 11.5 Å². The van der Waals surface area contributed by atoms with E-state index in [4.69, 9.17) is 16.0 Å². The molecule has 1 aromatic heterocycles. The standard InChI is InChI=1S/C24H23ClF3N3O3S/c1-16-21(29-23(34-16)17-5-7-19(25)8-6-17)14-35(33)15-22(32)31-11-9-30(10-12-31)20-4-2-3-18(13-20)24(26,27)28/h2-8,13H,9-12,14-15H2,1H3/t35-/m0/s1. The average molecular weight is 526 g/mol. The number of hydrogen-bond donors (Lipinski definition) is 0. The van der Waals surface area contributed by atoms with E-state index in [9.17, 15) is 22.2 Å². The zero-order valence-electron chi connectivity index (χ0n) is 18.8. The zero-order chi connectivity index (χ0) is 25.2. The molecule has 1 fully saturated rings. The molecule has 1 amide bonds. The largest absolute Gasteiger partial charge is 0.441 e. The van der Waals surface area contributed by atoms with Crippen LogP contribution in [-0.2, 0) is 27.5 Å². The van der Waals surface area contributed by atoms with Crippen LogP contribution in [0.3, 0.4) is 0 Å². The van der Waals surface area contributed by atoms with Crippen LogP contribution in [0.5, 0.6) is 0 Å². The average Bonchev–Trinajstić information content (AvgIpc) is 3.19. The lowest BCUT2D eigenvalue weighted by atomic mass is 10.1. The molecule has 1 aliphatic rings. The van der Waals surface area contributed by atoms with Crippen molar-refractivity contribution in [2.24, 2.45) is 0 Å². The lowest BCUT2D eigenvalue weighted by Gasteiger charge is -2.36. The first-order valence-electron chi connectivity index (χ1n) is 10.9. The summed E-state index contributed by atoms with van der Waals surface area (Å²) in [5.74, 6) is 0.588. The predicted molar refractivity (Wildman–Crippen MR) is 129 cm³/mol. The normalized spacial score (nSPS) is 15.3. The van der Waals surface area contributed by atoms with Crippen molar-refractivity contribution in [3.8, 4) is 11.5 Å². The summed E-state index contributed by atoms with van der Waals surface area (Å²) in [6.07, 6.45) is -4.41. The Labute approximate surface area is 208 Å². The van der Waals surface area contributed by atoms with Crippen molar-refractivity contribution in [1.29, 1.82) is 0 Å². The Hall–Kier alpha value is -2.85. The van der Waals surface area contributed by atoms with Crippen molar-refractivity contribution in [3.05, 3.63) is 70.6 Å².